The van der Waals surface area contributed by atoms with E-state index in [1.54, 1.807) is 18.7 Å². The third-order valence-corrected chi connectivity index (χ3v) is 6.69. The number of carbonyl (C=O) groups is 1. The molecule has 132 valence electrons. The van der Waals surface area contributed by atoms with Gasteiger partial charge in [0, 0.05) is 19.2 Å². The molecule has 2 aliphatic rings. The van der Waals surface area contributed by atoms with Crippen molar-refractivity contribution >= 4 is 17.1 Å². The molecule has 3 rings (SSSR count). The van der Waals surface area contributed by atoms with Crippen molar-refractivity contribution < 1.29 is 22.9 Å². The first-order valence-corrected chi connectivity index (χ1v) is 9.48. The predicted octanol–water partition coefficient (Wildman–Crippen LogP) is 2.49. The largest absolute Gasteiger partial charge is 0.616 e. The monoisotopic (exact) mass is 357 g/mol. The van der Waals surface area contributed by atoms with Gasteiger partial charge in [0.15, 0.2) is 17.2 Å². The van der Waals surface area contributed by atoms with Gasteiger partial charge in [-0.2, -0.15) is 0 Å². The van der Waals surface area contributed by atoms with E-state index in [1.807, 2.05) is 0 Å². The van der Waals surface area contributed by atoms with Crippen LogP contribution in [0.4, 0.5) is 8.78 Å². The van der Waals surface area contributed by atoms with Gasteiger partial charge in [0.2, 0.25) is 0 Å². The highest BCUT2D eigenvalue weighted by molar-refractivity contribution is 7.92. The van der Waals surface area contributed by atoms with Crippen LogP contribution in [0.15, 0.2) is 18.2 Å². The topological polar surface area (TPSA) is 52.6 Å². The van der Waals surface area contributed by atoms with Crippen molar-refractivity contribution in [2.24, 2.45) is 5.41 Å². The third kappa shape index (κ3) is 3.37. The molecule has 1 aromatic carbocycles. The highest BCUT2D eigenvalue weighted by Gasteiger charge is 2.51. The molecule has 24 heavy (non-hydrogen) atoms. The number of benzene rings is 1. The summed E-state index contributed by atoms with van der Waals surface area (Å²) in [5.41, 5.74) is -1.02. The highest BCUT2D eigenvalue weighted by Crippen LogP contribution is 2.42. The maximum Gasteiger partial charge on any atom is 0.266 e. The van der Waals surface area contributed by atoms with E-state index >= 15 is 0 Å². The zero-order chi connectivity index (χ0) is 17.5. The van der Waals surface area contributed by atoms with Gasteiger partial charge in [-0.15, -0.1) is 0 Å². The Hall–Kier alpha value is -1.34. The summed E-state index contributed by atoms with van der Waals surface area (Å²) < 4.78 is 43.3. The summed E-state index contributed by atoms with van der Waals surface area (Å²) in [4.78, 5) is 14.5. The van der Waals surface area contributed by atoms with Crippen LogP contribution < -0.4 is 4.74 Å². The van der Waals surface area contributed by atoms with Gasteiger partial charge in [-0.3, -0.25) is 4.79 Å². The fourth-order valence-electron chi connectivity index (χ4n) is 3.37. The number of halogens is 2. The minimum Gasteiger partial charge on any atom is -0.616 e. The first kappa shape index (κ1) is 17.5. The van der Waals surface area contributed by atoms with E-state index in [4.69, 9.17) is 4.74 Å². The fourth-order valence-corrected chi connectivity index (χ4v) is 5.23. The van der Waals surface area contributed by atoms with Crippen LogP contribution in [0.5, 0.6) is 5.75 Å². The quantitative estimate of drug-likeness (QED) is 0.781. The Bertz CT molecular complexity index is 637. The second-order valence-electron chi connectivity index (χ2n) is 7.21. The standard InChI is InChI=1S/C17H21F2NO3S/c1-16(2,23-12-3-4-13(18)14(19)9-12)15(21)20-7-5-17(6-8-20)10-24(22)11-17/h3-4,9H,5-8,10-11H2,1-2H3. The van der Waals surface area contributed by atoms with Gasteiger partial charge < -0.3 is 14.2 Å². The Balaban J connectivity index is 1.62. The molecule has 1 spiro atoms. The van der Waals surface area contributed by atoms with Crippen molar-refractivity contribution in [1.29, 1.82) is 0 Å². The number of hydrogen-bond donors (Lipinski definition) is 0. The number of nitrogens with zero attached hydrogens (tertiary/aromatic N) is 1. The molecule has 0 aliphatic carbocycles. The minimum atomic E-state index is -1.17. The lowest BCUT2D eigenvalue weighted by molar-refractivity contribution is -0.147. The average Bonchev–Trinajstić information content (AvgIpc) is 2.49. The molecule has 0 bridgehead atoms. The van der Waals surface area contributed by atoms with Crippen molar-refractivity contribution in [3.8, 4) is 5.75 Å². The summed E-state index contributed by atoms with van der Waals surface area (Å²) in [7, 11) is 0. The molecule has 0 atom stereocenters. The van der Waals surface area contributed by atoms with Crippen LogP contribution in [0, 0.1) is 17.0 Å². The SMILES string of the molecule is CC(C)(Oc1ccc(F)c(F)c1)C(=O)N1CCC2(CC1)C[S+]([O-])C2. The smallest absolute Gasteiger partial charge is 0.266 e. The van der Waals surface area contributed by atoms with Gasteiger partial charge in [0.1, 0.15) is 17.3 Å². The van der Waals surface area contributed by atoms with E-state index in [-0.39, 0.29) is 17.1 Å². The van der Waals surface area contributed by atoms with E-state index in [2.05, 4.69) is 0 Å². The second kappa shape index (κ2) is 6.19. The van der Waals surface area contributed by atoms with Crippen LogP contribution in [0.2, 0.25) is 0 Å². The van der Waals surface area contributed by atoms with Crippen LogP contribution in [-0.4, -0.2) is 45.6 Å². The van der Waals surface area contributed by atoms with Crippen molar-refractivity contribution in [3.05, 3.63) is 29.8 Å². The van der Waals surface area contributed by atoms with Gasteiger partial charge in [0.05, 0.1) is 5.41 Å². The van der Waals surface area contributed by atoms with E-state index in [0.29, 0.717) is 13.1 Å². The molecule has 2 saturated heterocycles. The number of carbonyl (C=O) groups excluding carboxylic acids is 1. The summed E-state index contributed by atoms with van der Waals surface area (Å²) >= 11 is -0.693. The van der Waals surface area contributed by atoms with Gasteiger partial charge in [0.25, 0.3) is 5.91 Å². The first-order valence-electron chi connectivity index (χ1n) is 7.99. The number of rotatable bonds is 3. The lowest BCUT2D eigenvalue weighted by Crippen LogP contribution is -2.58. The maximum atomic E-state index is 13.3. The number of likely N-dealkylation sites (tertiary alicyclic amines) is 1. The van der Waals surface area contributed by atoms with Crippen LogP contribution in [0.25, 0.3) is 0 Å². The zero-order valence-corrected chi connectivity index (χ0v) is 14.6. The molecule has 4 nitrogen and oxygen atoms in total. The van der Waals surface area contributed by atoms with Gasteiger partial charge >= 0.3 is 0 Å². The molecule has 0 unspecified atom stereocenters. The highest BCUT2D eigenvalue weighted by atomic mass is 32.2. The fraction of sp³-hybridized carbons (Fsp3) is 0.588. The maximum absolute atomic E-state index is 13.3. The minimum absolute atomic E-state index is 0.120. The third-order valence-electron chi connectivity index (χ3n) is 4.82. The first-order chi connectivity index (χ1) is 11.2. The molecule has 1 aromatic rings. The normalized spacial score (nSPS) is 20.8. The Morgan fingerprint density at radius 3 is 2.42 bits per heavy atom. The Morgan fingerprint density at radius 2 is 1.88 bits per heavy atom. The summed E-state index contributed by atoms with van der Waals surface area (Å²) in [6, 6.07) is 3.23. The molecule has 1 amide bonds. The van der Waals surface area contributed by atoms with Crippen LogP contribution >= 0.6 is 0 Å². The summed E-state index contributed by atoms with van der Waals surface area (Å²) in [6.07, 6.45) is 1.71. The van der Waals surface area contributed by atoms with Gasteiger partial charge in [-0.25, -0.2) is 8.78 Å². The molecule has 2 fully saturated rings. The molecule has 2 aliphatic heterocycles. The van der Waals surface area contributed by atoms with Crippen molar-refractivity contribution in [2.45, 2.75) is 32.3 Å². The van der Waals surface area contributed by atoms with E-state index in [0.717, 1.165) is 36.5 Å². The van der Waals surface area contributed by atoms with Crippen LogP contribution in [-0.2, 0) is 16.0 Å². The lowest BCUT2D eigenvalue weighted by Gasteiger charge is -2.48. The Kier molecular flexibility index (Phi) is 4.51. The number of amides is 1. The molecule has 0 saturated carbocycles. The summed E-state index contributed by atoms with van der Waals surface area (Å²) in [6.45, 7) is 4.47. The van der Waals surface area contributed by atoms with Crippen LogP contribution in [0.3, 0.4) is 0 Å². The van der Waals surface area contributed by atoms with Crippen LogP contribution in [0.1, 0.15) is 26.7 Å². The summed E-state index contributed by atoms with van der Waals surface area (Å²) in [5.74, 6) is -0.537. The molecule has 0 N–H and O–H groups in total. The van der Waals surface area contributed by atoms with Gasteiger partial charge in [-0.1, -0.05) is 11.2 Å². The summed E-state index contributed by atoms with van der Waals surface area (Å²) in [5, 5.41) is 0. The molecule has 2 heterocycles. The van der Waals surface area contributed by atoms with Crippen molar-refractivity contribution in [3.63, 3.8) is 0 Å². The Morgan fingerprint density at radius 1 is 1.25 bits per heavy atom. The number of hydrogen-bond acceptors (Lipinski definition) is 3. The van der Waals surface area contributed by atoms with Crippen molar-refractivity contribution in [1.82, 2.24) is 4.90 Å². The van der Waals surface area contributed by atoms with E-state index < -0.39 is 28.4 Å². The molecule has 7 heteroatoms. The molecule has 0 aromatic heterocycles. The Labute approximate surface area is 143 Å². The zero-order valence-electron chi connectivity index (χ0n) is 13.8. The van der Waals surface area contributed by atoms with E-state index in [1.165, 1.54) is 6.07 Å². The second-order valence-corrected chi connectivity index (χ2v) is 8.67. The molecule has 0 radical (unpaired) electrons. The molecular weight excluding hydrogens is 336 g/mol. The number of ether oxygens (including phenoxy) is 1. The molecular formula is C17H21F2NO3S. The van der Waals surface area contributed by atoms with Crippen molar-refractivity contribution in [2.75, 3.05) is 24.6 Å². The van der Waals surface area contributed by atoms with Gasteiger partial charge in [-0.05, 0) is 38.8 Å². The average molecular weight is 357 g/mol. The predicted molar refractivity (Wildman–Crippen MR) is 87.2 cm³/mol. The number of piperidine rings is 1. The van der Waals surface area contributed by atoms with E-state index in [9.17, 15) is 18.1 Å². The lowest BCUT2D eigenvalue weighted by atomic mass is 9.81.